The number of hydrogen-bond acceptors (Lipinski definition) is 5. The summed E-state index contributed by atoms with van der Waals surface area (Å²) in [6.07, 6.45) is 2.27. The van der Waals surface area contributed by atoms with Crippen LogP contribution in [0.25, 0.3) is 0 Å². The van der Waals surface area contributed by atoms with Crippen molar-refractivity contribution in [3.63, 3.8) is 0 Å². The van der Waals surface area contributed by atoms with Crippen LogP contribution in [-0.2, 0) is 4.79 Å². The van der Waals surface area contributed by atoms with Gasteiger partial charge in [-0.25, -0.2) is 0 Å². The van der Waals surface area contributed by atoms with Crippen molar-refractivity contribution < 1.29 is 9.53 Å². The lowest BCUT2D eigenvalue weighted by molar-refractivity contribution is -0.132. The van der Waals surface area contributed by atoms with E-state index in [1.54, 1.807) is 0 Å². The first kappa shape index (κ1) is 18.0. The van der Waals surface area contributed by atoms with Crippen molar-refractivity contribution in [1.29, 1.82) is 0 Å². The van der Waals surface area contributed by atoms with E-state index in [2.05, 4.69) is 19.1 Å². The van der Waals surface area contributed by atoms with Crippen molar-refractivity contribution >= 4 is 29.4 Å². The minimum absolute atomic E-state index is 0.0506. The van der Waals surface area contributed by atoms with Gasteiger partial charge in [0.15, 0.2) is 6.61 Å². The second-order valence-corrected chi connectivity index (χ2v) is 9.59. The van der Waals surface area contributed by atoms with Crippen LogP contribution in [0, 0.1) is 5.41 Å². The number of hydrogen-bond donors (Lipinski definition) is 1. The summed E-state index contributed by atoms with van der Waals surface area (Å²) in [6, 6.07) is 8.20. The second kappa shape index (κ2) is 8.02. The number of rotatable bonds is 5. The molecule has 0 radical (unpaired) electrons. The third kappa shape index (κ3) is 4.41. The lowest BCUT2D eigenvalue weighted by Gasteiger charge is -2.23. The molecule has 132 valence electrons. The van der Waals surface area contributed by atoms with Gasteiger partial charge in [-0.1, -0.05) is 19.1 Å². The van der Waals surface area contributed by atoms with Gasteiger partial charge in [-0.05, 0) is 54.0 Å². The molecule has 1 atom stereocenters. The summed E-state index contributed by atoms with van der Waals surface area (Å²) in [5, 5.41) is 0. The normalized spacial score (nSPS) is 25.0. The average molecular weight is 367 g/mol. The molecule has 2 aliphatic heterocycles. The van der Waals surface area contributed by atoms with Crippen molar-refractivity contribution in [2.75, 3.05) is 37.7 Å². The van der Waals surface area contributed by atoms with Crippen LogP contribution in [0.2, 0.25) is 0 Å². The van der Waals surface area contributed by atoms with Crippen LogP contribution >= 0.6 is 23.5 Å². The molecule has 1 unspecified atom stereocenters. The molecule has 3 rings (SSSR count). The Kier molecular flexibility index (Phi) is 6.00. The summed E-state index contributed by atoms with van der Waals surface area (Å²) < 4.78 is 6.22. The lowest BCUT2D eigenvalue weighted by atomic mass is 9.90. The number of amides is 1. The second-order valence-electron chi connectivity index (χ2n) is 6.86. The van der Waals surface area contributed by atoms with E-state index in [0.717, 1.165) is 25.3 Å². The van der Waals surface area contributed by atoms with Gasteiger partial charge in [-0.2, -0.15) is 0 Å². The van der Waals surface area contributed by atoms with Crippen molar-refractivity contribution in [2.24, 2.45) is 11.1 Å². The van der Waals surface area contributed by atoms with E-state index in [9.17, 15) is 4.79 Å². The molecule has 0 spiro atoms. The van der Waals surface area contributed by atoms with Gasteiger partial charge in [0, 0.05) is 13.1 Å². The van der Waals surface area contributed by atoms with Crippen LogP contribution in [-0.4, -0.2) is 48.6 Å². The number of ether oxygens (including phenoxy) is 1. The van der Waals surface area contributed by atoms with Crippen LogP contribution in [0.1, 0.15) is 29.9 Å². The zero-order chi connectivity index (χ0) is 17.0. The molecule has 1 aromatic carbocycles. The fourth-order valence-electron chi connectivity index (χ4n) is 3.04. The standard InChI is InChI=1S/C18H26N2O2S2/c1-18(12-19)7-8-20(13-18)16(21)11-22-15-5-3-14(4-6-15)17-23-9-2-10-24-17/h3-6,17H,2,7-13,19H2,1H3. The van der Waals surface area contributed by atoms with Crippen LogP contribution in [0.15, 0.2) is 24.3 Å². The number of likely N-dealkylation sites (tertiary alicyclic amines) is 1. The molecule has 2 aliphatic rings. The van der Waals surface area contributed by atoms with Crippen molar-refractivity contribution in [3.05, 3.63) is 29.8 Å². The molecule has 2 fully saturated rings. The van der Waals surface area contributed by atoms with Gasteiger partial charge < -0.3 is 15.4 Å². The molecule has 24 heavy (non-hydrogen) atoms. The van der Waals surface area contributed by atoms with Gasteiger partial charge in [0.1, 0.15) is 5.75 Å². The SMILES string of the molecule is CC1(CN)CCN(C(=O)COc2ccc(C3SCCCS3)cc2)C1. The van der Waals surface area contributed by atoms with Crippen LogP contribution in [0.5, 0.6) is 5.75 Å². The largest absolute Gasteiger partial charge is 0.484 e. The first-order valence-electron chi connectivity index (χ1n) is 8.53. The van der Waals surface area contributed by atoms with Gasteiger partial charge >= 0.3 is 0 Å². The van der Waals surface area contributed by atoms with E-state index < -0.39 is 0 Å². The third-order valence-electron chi connectivity index (χ3n) is 4.75. The predicted molar refractivity (Wildman–Crippen MR) is 103 cm³/mol. The number of nitrogens with two attached hydrogens (primary N) is 1. The fraction of sp³-hybridized carbons (Fsp3) is 0.611. The number of carbonyl (C=O) groups is 1. The molecular weight excluding hydrogens is 340 g/mol. The summed E-state index contributed by atoms with van der Waals surface area (Å²) in [4.78, 5) is 14.2. The van der Waals surface area contributed by atoms with E-state index in [0.29, 0.717) is 11.1 Å². The summed E-state index contributed by atoms with van der Waals surface area (Å²) in [6.45, 7) is 4.38. The molecular formula is C18H26N2O2S2. The molecule has 4 nitrogen and oxygen atoms in total. The van der Waals surface area contributed by atoms with E-state index in [1.807, 2.05) is 40.6 Å². The Morgan fingerprint density at radius 1 is 1.33 bits per heavy atom. The number of benzene rings is 1. The summed E-state index contributed by atoms with van der Waals surface area (Å²) in [5.74, 6) is 3.29. The molecule has 1 amide bonds. The Morgan fingerprint density at radius 2 is 2.04 bits per heavy atom. The van der Waals surface area contributed by atoms with E-state index >= 15 is 0 Å². The maximum absolute atomic E-state index is 12.3. The predicted octanol–water partition coefficient (Wildman–Crippen LogP) is 3.13. The van der Waals surface area contributed by atoms with Gasteiger partial charge in [0.25, 0.3) is 5.91 Å². The maximum atomic E-state index is 12.3. The van der Waals surface area contributed by atoms with E-state index in [1.165, 1.54) is 23.5 Å². The summed E-state index contributed by atoms with van der Waals surface area (Å²) >= 11 is 4.02. The molecule has 0 saturated carbocycles. The highest BCUT2D eigenvalue weighted by Gasteiger charge is 2.34. The molecule has 0 bridgehead atoms. The zero-order valence-electron chi connectivity index (χ0n) is 14.2. The highest BCUT2D eigenvalue weighted by Crippen LogP contribution is 2.43. The van der Waals surface area contributed by atoms with E-state index in [-0.39, 0.29) is 17.9 Å². The third-order valence-corrected chi connectivity index (χ3v) is 7.76. The molecule has 2 heterocycles. The van der Waals surface area contributed by atoms with Crippen molar-refractivity contribution in [3.8, 4) is 5.75 Å². The number of nitrogens with zero attached hydrogens (tertiary/aromatic N) is 1. The lowest BCUT2D eigenvalue weighted by Crippen LogP contribution is -2.36. The fourth-order valence-corrected chi connectivity index (χ4v) is 5.94. The average Bonchev–Trinajstić information content (AvgIpc) is 3.04. The van der Waals surface area contributed by atoms with Gasteiger partial charge in [0.2, 0.25) is 0 Å². The minimum Gasteiger partial charge on any atom is -0.484 e. The molecule has 0 aliphatic carbocycles. The summed E-state index contributed by atoms with van der Waals surface area (Å²) in [5.41, 5.74) is 7.20. The highest BCUT2D eigenvalue weighted by atomic mass is 32.2. The maximum Gasteiger partial charge on any atom is 0.260 e. The molecule has 2 saturated heterocycles. The van der Waals surface area contributed by atoms with Crippen LogP contribution in [0.3, 0.4) is 0 Å². The van der Waals surface area contributed by atoms with E-state index in [4.69, 9.17) is 10.5 Å². The topological polar surface area (TPSA) is 55.6 Å². The monoisotopic (exact) mass is 366 g/mol. The Morgan fingerprint density at radius 3 is 2.67 bits per heavy atom. The van der Waals surface area contributed by atoms with Gasteiger partial charge in [0.05, 0.1) is 4.58 Å². The quantitative estimate of drug-likeness (QED) is 0.868. The van der Waals surface area contributed by atoms with Gasteiger partial charge in [-0.15, -0.1) is 23.5 Å². The highest BCUT2D eigenvalue weighted by molar-refractivity contribution is 8.16. The Labute approximate surface area is 152 Å². The minimum atomic E-state index is 0.0506. The molecule has 0 aromatic heterocycles. The first-order chi connectivity index (χ1) is 11.6. The number of thioether (sulfide) groups is 2. The van der Waals surface area contributed by atoms with Gasteiger partial charge in [-0.3, -0.25) is 4.79 Å². The molecule has 1 aromatic rings. The number of carbonyl (C=O) groups excluding carboxylic acids is 1. The molecule has 2 N–H and O–H groups in total. The Hall–Kier alpha value is -0.850. The Balaban J connectivity index is 1.49. The Bertz CT molecular complexity index is 561. The van der Waals surface area contributed by atoms with Crippen molar-refractivity contribution in [1.82, 2.24) is 4.90 Å². The van der Waals surface area contributed by atoms with Crippen LogP contribution in [0.4, 0.5) is 0 Å². The molecule has 6 heteroatoms. The van der Waals surface area contributed by atoms with Crippen LogP contribution < -0.4 is 10.5 Å². The summed E-state index contributed by atoms with van der Waals surface area (Å²) in [7, 11) is 0. The zero-order valence-corrected chi connectivity index (χ0v) is 15.8. The smallest absolute Gasteiger partial charge is 0.260 e. The van der Waals surface area contributed by atoms with Crippen molar-refractivity contribution in [2.45, 2.75) is 24.3 Å². The first-order valence-corrected chi connectivity index (χ1v) is 10.6.